The Labute approximate surface area is 68.3 Å². The minimum Gasteiger partial charge on any atom is -0.313 e. The zero-order valence-electron chi connectivity index (χ0n) is 7.11. The average molecular weight is 159 g/mol. The second-order valence-electron chi connectivity index (χ2n) is 2.47. The Balaban J connectivity index is 3.50. The standard InChI is InChI=1S/C8H17NS/c1-7(2)8(9-3)5-6-10-4/h8-9H,1,5-6H2,2-4H3/t8-/m0/s1. The Morgan fingerprint density at radius 3 is 2.60 bits per heavy atom. The number of hydrogen-bond acceptors (Lipinski definition) is 2. The fourth-order valence-corrected chi connectivity index (χ4v) is 1.34. The van der Waals surface area contributed by atoms with Crippen molar-refractivity contribution < 1.29 is 0 Å². The Morgan fingerprint density at radius 2 is 2.30 bits per heavy atom. The van der Waals surface area contributed by atoms with Crippen LogP contribution in [0.2, 0.25) is 0 Å². The summed E-state index contributed by atoms with van der Waals surface area (Å²) in [5.74, 6) is 1.21. The second kappa shape index (κ2) is 5.81. The molecule has 0 unspecified atom stereocenters. The molecule has 10 heavy (non-hydrogen) atoms. The third-order valence-electron chi connectivity index (χ3n) is 1.55. The van der Waals surface area contributed by atoms with Crippen LogP contribution in [0.25, 0.3) is 0 Å². The summed E-state index contributed by atoms with van der Waals surface area (Å²) in [7, 11) is 1.99. The number of nitrogens with one attached hydrogen (secondary N) is 1. The van der Waals surface area contributed by atoms with E-state index in [1.165, 1.54) is 17.7 Å². The van der Waals surface area contributed by atoms with Crippen LogP contribution in [0, 0.1) is 0 Å². The van der Waals surface area contributed by atoms with Crippen molar-refractivity contribution in [2.24, 2.45) is 0 Å². The van der Waals surface area contributed by atoms with E-state index < -0.39 is 0 Å². The van der Waals surface area contributed by atoms with Crippen LogP contribution in [0.5, 0.6) is 0 Å². The summed E-state index contributed by atoms with van der Waals surface area (Å²) in [6.45, 7) is 5.98. The molecule has 60 valence electrons. The van der Waals surface area contributed by atoms with Gasteiger partial charge in [-0.15, -0.1) is 0 Å². The molecular weight excluding hydrogens is 142 g/mol. The third kappa shape index (κ3) is 3.96. The van der Waals surface area contributed by atoms with E-state index in [1.54, 1.807) is 0 Å². The first-order chi connectivity index (χ1) is 4.72. The molecule has 0 aliphatic heterocycles. The van der Waals surface area contributed by atoms with Crippen LogP contribution in [0.3, 0.4) is 0 Å². The van der Waals surface area contributed by atoms with Crippen molar-refractivity contribution in [3.63, 3.8) is 0 Å². The van der Waals surface area contributed by atoms with Crippen LogP contribution in [0.15, 0.2) is 12.2 Å². The summed E-state index contributed by atoms with van der Waals surface area (Å²) in [5.41, 5.74) is 1.23. The predicted molar refractivity (Wildman–Crippen MR) is 50.7 cm³/mol. The lowest BCUT2D eigenvalue weighted by molar-refractivity contribution is 0.623. The Hall–Kier alpha value is 0.0500. The fourth-order valence-electron chi connectivity index (χ4n) is 0.873. The summed E-state index contributed by atoms with van der Waals surface area (Å²) in [4.78, 5) is 0. The summed E-state index contributed by atoms with van der Waals surface area (Å²) >= 11 is 1.88. The molecule has 0 spiro atoms. The van der Waals surface area contributed by atoms with Crippen LogP contribution < -0.4 is 5.32 Å². The molecule has 1 N–H and O–H groups in total. The van der Waals surface area contributed by atoms with Gasteiger partial charge in [-0.1, -0.05) is 12.2 Å². The fraction of sp³-hybridized carbons (Fsp3) is 0.750. The van der Waals surface area contributed by atoms with Gasteiger partial charge in [0.1, 0.15) is 0 Å². The highest BCUT2D eigenvalue weighted by atomic mass is 32.2. The molecule has 2 heteroatoms. The topological polar surface area (TPSA) is 12.0 Å². The van der Waals surface area contributed by atoms with Crippen molar-refractivity contribution in [2.45, 2.75) is 19.4 Å². The average Bonchev–Trinajstić information content (AvgIpc) is 1.89. The largest absolute Gasteiger partial charge is 0.313 e. The number of thioether (sulfide) groups is 1. The van der Waals surface area contributed by atoms with Crippen molar-refractivity contribution in [1.82, 2.24) is 5.32 Å². The molecule has 0 saturated heterocycles. The van der Waals surface area contributed by atoms with E-state index in [2.05, 4.69) is 25.1 Å². The number of rotatable bonds is 5. The van der Waals surface area contributed by atoms with E-state index in [4.69, 9.17) is 0 Å². The molecule has 0 aromatic heterocycles. The molecule has 0 aromatic carbocycles. The molecule has 0 aromatic rings. The smallest absolute Gasteiger partial charge is 0.0279 e. The van der Waals surface area contributed by atoms with Crippen molar-refractivity contribution in [3.05, 3.63) is 12.2 Å². The SMILES string of the molecule is C=C(C)[C@H](CCSC)NC. The quantitative estimate of drug-likeness (QED) is 0.615. The molecule has 0 fully saturated rings. The van der Waals surface area contributed by atoms with Gasteiger partial charge in [0.15, 0.2) is 0 Å². The third-order valence-corrected chi connectivity index (χ3v) is 2.20. The summed E-state index contributed by atoms with van der Waals surface area (Å²) < 4.78 is 0. The van der Waals surface area contributed by atoms with E-state index in [1.807, 2.05) is 18.8 Å². The van der Waals surface area contributed by atoms with Crippen molar-refractivity contribution in [1.29, 1.82) is 0 Å². The van der Waals surface area contributed by atoms with Gasteiger partial charge in [-0.05, 0) is 32.4 Å². The predicted octanol–water partition coefficient (Wildman–Crippen LogP) is 1.90. The van der Waals surface area contributed by atoms with Gasteiger partial charge in [-0.3, -0.25) is 0 Å². The van der Waals surface area contributed by atoms with Crippen molar-refractivity contribution >= 4 is 11.8 Å². The first-order valence-electron chi connectivity index (χ1n) is 3.54. The maximum atomic E-state index is 3.91. The molecular formula is C8H17NS. The highest BCUT2D eigenvalue weighted by molar-refractivity contribution is 7.98. The molecule has 1 nitrogen and oxygen atoms in total. The minimum atomic E-state index is 0.507. The Bertz CT molecular complexity index is 101. The van der Waals surface area contributed by atoms with Crippen LogP contribution in [0.1, 0.15) is 13.3 Å². The lowest BCUT2D eigenvalue weighted by atomic mass is 10.1. The van der Waals surface area contributed by atoms with Crippen LogP contribution in [-0.2, 0) is 0 Å². The van der Waals surface area contributed by atoms with Gasteiger partial charge >= 0.3 is 0 Å². The van der Waals surface area contributed by atoms with Gasteiger partial charge in [-0.2, -0.15) is 11.8 Å². The van der Waals surface area contributed by atoms with Crippen LogP contribution in [0.4, 0.5) is 0 Å². The summed E-state index contributed by atoms with van der Waals surface area (Å²) in [5, 5.41) is 3.22. The van der Waals surface area contributed by atoms with E-state index in [0.717, 1.165) is 0 Å². The minimum absolute atomic E-state index is 0.507. The lowest BCUT2D eigenvalue weighted by Gasteiger charge is -2.14. The van der Waals surface area contributed by atoms with Crippen molar-refractivity contribution in [2.75, 3.05) is 19.1 Å². The zero-order valence-corrected chi connectivity index (χ0v) is 7.92. The monoisotopic (exact) mass is 159 g/mol. The molecule has 0 bridgehead atoms. The highest BCUT2D eigenvalue weighted by Gasteiger charge is 2.03. The molecule has 0 heterocycles. The molecule has 0 aliphatic carbocycles. The Morgan fingerprint density at radius 1 is 1.70 bits per heavy atom. The highest BCUT2D eigenvalue weighted by Crippen LogP contribution is 2.06. The van der Waals surface area contributed by atoms with E-state index >= 15 is 0 Å². The second-order valence-corrected chi connectivity index (χ2v) is 3.45. The lowest BCUT2D eigenvalue weighted by Crippen LogP contribution is -2.26. The first kappa shape index (κ1) is 10.0. The van der Waals surface area contributed by atoms with E-state index in [-0.39, 0.29) is 0 Å². The van der Waals surface area contributed by atoms with Crippen LogP contribution >= 0.6 is 11.8 Å². The summed E-state index contributed by atoms with van der Waals surface area (Å²) in [6.07, 6.45) is 3.32. The van der Waals surface area contributed by atoms with Gasteiger partial charge < -0.3 is 5.32 Å². The normalized spacial score (nSPS) is 13.1. The first-order valence-corrected chi connectivity index (χ1v) is 4.93. The molecule has 0 aliphatic rings. The van der Waals surface area contributed by atoms with E-state index in [9.17, 15) is 0 Å². The molecule has 1 atom stereocenters. The number of likely N-dealkylation sites (N-methyl/N-ethyl adjacent to an activating group) is 1. The van der Waals surface area contributed by atoms with Crippen LogP contribution in [-0.4, -0.2) is 25.1 Å². The maximum absolute atomic E-state index is 3.91. The molecule has 0 amide bonds. The van der Waals surface area contributed by atoms with Gasteiger partial charge in [0, 0.05) is 6.04 Å². The van der Waals surface area contributed by atoms with Gasteiger partial charge in [0.05, 0.1) is 0 Å². The van der Waals surface area contributed by atoms with E-state index in [0.29, 0.717) is 6.04 Å². The zero-order chi connectivity index (χ0) is 7.98. The number of hydrogen-bond donors (Lipinski definition) is 1. The maximum Gasteiger partial charge on any atom is 0.0279 e. The molecule has 0 radical (unpaired) electrons. The van der Waals surface area contributed by atoms with Gasteiger partial charge in [0.25, 0.3) is 0 Å². The van der Waals surface area contributed by atoms with Gasteiger partial charge in [0.2, 0.25) is 0 Å². The Kier molecular flexibility index (Phi) is 5.84. The summed E-state index contributed by atoms with van der Waals surface area (Å²) in [6, 6.07) is 0.507. The molecule has 0 rings (SSSR count). The van der Waals surface area contributed by atoms with Gasteiger partial charge in [-0.25, -0.2) is 0 Å². The molecule has 0 saturated carbocycles. The van der Waals surface area contributed by atoms with Crippen molar-refractivity contribution in [3.8, 4) is 0 Å².